The molecular weight excluding hydrogens is 377 g/mol. The van der Waals surface area contributed by atoms with Gasteiger partial charge in [0.15, 0.2) is 5.11 Å². The van der Waals surface area contributed by atoms with Crippen molar-refractivity contribution >= 4 is 46.5 Å². The summed E-state index contributed by atoms with van der Waals surface area (Å²) in [6, 6.07) is 15.4. The normalized spacial score (nSPS) is 10.5. The molecule has 0 aliphatic carbocycles. The van der Waals surface area contributed by atoms with Crippen LogP contribution in [0.1, 0.15) is 11.1 Å². The zero-order valence-electron chi connectivity index (χ0n) is 13.1. The first-order valence-electron chi connectivity index (χ1n) is 7.52. The van der Waals surface area contributed by atoms with Crippen LogP contribution in [0.4, 0.5) is 5.95 Å². The van der Waals surface area contributed by atoms with E-state index in [9.17, 15) is 0 Å². The van der Waals surface area contributed by atoms with E-state index in [1.54, 1.807) is 23.1 Å². The minimum absolute atomic E-state index is 0.427. The van der Waals surface area contributed by atoms with E-state index in [4.69, 9.17) is 35.4 Å². The van der Waals surface area contributed by atoms with Gasteiger partial charge in [-0.1, -0.05) is 59.6 Å². The Balaban J connectivity index is 1.55. The monoisotopic (exact) mass is 391 g/mol. The van der Waals surface area contributed by atoms with Crippen molar-refractivity contribution in [3.63, 3.8) is 0 Å². The number of aromatic nitrogens is 3. The summed E-state index contributed by atoms with van der Waals surface area (Å²) in [5, 5.41) is 12.1. The molecule has 0 bridgehead atoms. The third kappa shape index (κ3) is 5.16. The second-order valence-corrected chi connectivity index (χ2v) is 6.55. The minimum atomic E-state index is 0.427. The average Bonchev–Trinajstić information content (AvgIpc) is 3.03. The van der Waals surface area contributed by atoms with E-state index in [1.165, 1.54) is 0 Å². The summed E-state index contributed by atoms with van der Waals surface area (Å²) >= 11 is 17.3. The number of hydrogen-bond donors (Lipinski definition) is 2. The lowest BCUT2D eigenvalue weighted by atomic mass is 10.2. The average molecular weight is 392 g/mol. The van der Waals surface area contributed by atoms with Gasteiger partial charge in [-0.15, -0.1) is 5.10 Å². The number of anilines is 1. The van der Waals surface area contributed by atoms with Crippen LogP contribution in [0.15, 0.2) is 54.9 Å². The Morgan fingerprint density at radius 3 is 2.68 bits per heavy atom. The fourth-order valence-electron chi connectivity index (χ4n) is 2.18. The number of nitrogens with zero attached hydrogens (tertiary/aromatic N) is 3. The summed E-state index contributed by atoms with van der Waals surface area (Å²) in [6.07, 6.45) is 1.62. The topological polar surface area (TPSA) is 54.8 Å². The van der Waals surface area contributed by atoms with Crippen LogP contribution in [0.25, 0.3) is 0 Å². The van der Waals surface area contributed by atoms with Crippen LogP contribution in [-0.2, 0) is 13.1 Å². The number of benzene rings is 2. The smallest absolute Gasteiger partial charge is 0.248 e. The van der Waals surface area contributed by atoms with Gasteiger partial charge in [0.1, 0.15) is 6.33 Å². The second kappa shape index (κ2) is 8.29. The fourth-order valence-corrected chi connectivity index (χ4v) is 2.81. The Kier molecular flexibility index (Phi) is 5.86. The molecule has 0 amide bonds. The molecule has 0 saturated carbocycles. The highest BCUT2D eigenvalue weighted by atomic mass is 35.5. The highest BCUT2D eigenvalue weighted by Gasteiger charge is 2.06. The van der Waals surface area contributed by atoms with Gasteiger partial charge < -0.3 is 5.32 Å². The Hall–Kier alpha value is -2.15. The molecule has 3 rings (SSSR count). The van der Waals surface area contributed by atoms with Crippen molar-refractivity contribution in [3.8, 4) is 0 Å². The van der Waals surface area contributed by atoms with Crippen molar-refractivity contribution in [2.75, 3.05) is 5.32 Å². The number of nitrogens with one attached hydrogen (secondary N) is 2. The van der Waals surface area contributed by atoms with Crippen LogP contribution in [0.5, 0.6) is 0 Å². The number of rotatable bonds is 5. The second-order valence-electron chi connectivity index (χ2n) is 5.29. The summed E-state index contributed by atoms with van der Waals surface area (Å²) in [6.45, 7) is 1.13. The van der Waals surface area contributed by atoms with Crippen molar-refractivity contribution in [2.45, 2.75) is 13.1 Å². The van der Waals surface area contributed by atoms with Gasteiger partial charge in [0.2, 0.25) is 5.95 Å². The summed E-state index contributed by atoms with van der Waals surface area (Å²) in [5.41, 5.74) is 2.05. The van der Waals surface area contributed by atoms with Crippen LogP contribution in [-0.4, -0.2) is 19.9 Å². The molecule has 8 heteroatoms. The molecule has 0 spiro atoms. The largest absolute Gasteiger partial charge is 0.358 e. The first-order valence-corrected chi connectivity index (χ1v) is 8.69. The van der Waals surface area contributed by atoms with E-state index in [2.05, 4.69) is 20.7 Å². The molecule has 0 unspecified atom stereocenters. The molecule has 0 aliphatic rings. The molecule has 25 heavy (non-hydrogen) atoms. The molecule has 0 atom stereocenters. The predicted molar refractivity (Wildman–Crippen MR) is 105 cm³/mol. The molecule has 1 heterocycles. The van der Waals surface area contributed by atoms with Gasteiger partial charge in [-0.25, -0.2) is 9.67 Å². The number of thiocarbonyl (C=S) groups is 1. The van der Waals surface area contributed by atoms with E-state index in [0.29, 0.717) is 34.2 Å². The molecule has 2 aromatic carbocycles. The van der Waals surface area contributed by atoms with Gasteiger partial charge in [-0.3, -0.25) is 5.32 Å². The highest BCUT2D eigenvalue weighted by molar-refractivity contribution is 7.80. The third-order valence-corrected chi connectivity index (χ3v) is 4.24. The van der Waals surface area contributed by atoms with Gasteiger partial charge in [-0.05, 0) is 35.5 Å². The van der Waals surface area contributed by atoms with Crippen molar-refractivity contribution in [3.05, 3.63) is 76.0 Å². The zero-order chi connectivity index (χ0) is 17.6. The van der Waals surface area contributed by atoms with Crippen LogP contribution in [0, 0.1) is 0 Å². The Labute approximate surface area is 161 Å². The number of hydrogen-bond acceptors (Lipinski definition) is 3. The quantitative estimate of drug-likeness (QED) is 0.640. The van der Waals surface area contributed by atoms with Crippen molar-refractivity contribution < 1.29 is 0 Å². The lowest BCUT2D eigenvalue weighted by Gasteiger charge is -2.08. The molecule has 0 fully saturated rings. The Morgan fingerprint density at radius 1 is 1.12 bits per heavy atom. The Morgan fingerprint density at radius 2 is 1.92 bits per heavy atom. The maximum absolute atomic E-state index is 6.18. The van der Waals surface area contributed by atoms with E-state index in [0.717, 1.165) is 11.1 Å². The first-order chi connectivity index (χ1) is 12.1. The molecule has 3 aromatic rings. The van der Waals surface area contributed by atoms with E-state index < -0.39 is 0 Å². The lowest BCUT2D eigenvalue weighted by Crippen LogP contribution is -2.28. The summed E-state index contributed by atoms with van der Waals surface area (Å²) in [7, 11) is 0. The highest BCUT2D eigenvalue weighted by Crippen LogP contribution is 2.21. The van der Waals surface area contributed by atoms with E-state index in [-0.39, 0.29) is 0 Å². The van der Waals surface area contributed by atoms with Gasteiger partial charge >= 0.3 is 0 Å². The SMILES string of the molecule is S=C(NCc1ccccc1)Nc1ncn(Cc2ccc(Cl)cc2Cl)n1. The predicted octanol–water partition coefficient (Wildman–Crippen LogP) is 4.12. The van der Waals surface area contributed by atoms with E-state index in [1.807, 2.05) is 36.4 Å². The standard InChI is InChI=1S/C17H15Cl2N5S/c18-14-7-6-13(15(19)8-14)10-24-11-21-16(23-24)22-17(25)20-9-12-4-2-1-3-5-12/h1-8,11H,9-10H2,(H2,20,22,23,25). The van der Waals surface area contributed by atoms with Gasteiger partial charge in [0.05, 0.1) is 6.54 Å². The maximum atomic E-state index is 6.18. The van der Waals surface area contributed by atoms with Crippen LogP contribution in [0.3, 0.4) is 0 Å². The summed E-state index contributed by atoms with van der Waals surface area (Å²) in [4.78, 5) is 4.20. The van der Waals surface area contributed by atoms with Gasteiger partial charge in [0, 0.05) is 16.6 Å². The number of halogens is 2. The zero-order valence-corrected chi connectivity index (χ0v) is 15.4. The molecule has 128 valence electrons. The minimum Gasteiger partial charge on any atom is -0.358 e. The van der Waals surface area contributed by atoms with E-state index >= 15 is 0 Å². The lowest BCUT2D eigenvalue weighted by molar-refractivity contribution is 0.687. The molecule has 5 nitrogen and oxygen atoms in total. The van der Waals surface area contributed by atoms with Crippen LogP contribution < -0.4 is 10.6 Å². The first kappa shape index (κ1) is 17.7. The maximum Gasteiger partial charge on any atom is 0.248 e. The molecule has 2 N–H and O–H groups in total. The molecular formula is C17H15Cl2N5S. The van der Waals surface area contributed by atoms with Gasteiger partial charge in [0.25, 0.3) is 0 Å². The van der Waals surface area contributed by atoms with Crippen LogP contribution >= 0.6 is 35.4 Å². The molecule has 0 aliphatic heterocycles. The molecule has 0 radical (unpaired) electrons. The van der Waals surface area contributed by atoms with Crippen molar-refractivity contribution in [1.29, 1.82) is 0 Å². The van der Waals surface area contributed by atoms with Crippen molar-refractivity contribution in [1.82, 2.24) is 20.1 Å². The molecule has 1 aromatic heterocycles. The van der Waals surface area contributed by atoms with Crippen molar-refractivity contribution in [2.24, 2.45) is 0 Å². The van der Waals surface area contributed by atoms with Gasteiger partial charge in [-0.2, -0.15) is 0 Å². The summed E-state index contributed by atoms with van der Waals surface area (Å²) < 4.78 is 1.68. The summed E-state index contributed by atoms with van der Waals surface area (Å²) in [5.74, 6) is 0.427. The molecule has 0 saturated heterocycles. The van der Waals surface area contributed by atoms with Crippen LogP contribution in [0.2, 0.25) is 10.0 Å². The Bertz CT molecular complexity index is 866. The fraction of sp³-hybridized carbons (Fsp3) is 0.118. The third-order valence-electron chi connectivity index (χ3n) is 3.41.